The zero-order valence-electron chi connectivity index (χ0n) is 10.3. The number of rotatable bonds is 3. The Morgan fingerprint density at radius 1 is 1.40 bits per heavy atom. The van der Waals surface area contributed by atoms with Crippen molar-refractivity contribution >= 4 is 11.6 Å². The van der Waals surface area contributed by atoms with E-state index in [-0.39, 0.29) is 23.1 Å². The number of aromatic nitrogens is 4. The maximum atomic E-state index is 12.9. The van der Waals surface area contributed by atoms with Gasteiger partial charge in [0.05, 0.1) is 24.5 Å². The molecule has 1 N–H and O–H groups in total. The van der Waals surface area contributed by atoms with Gasteiger partial charge in [-0.15, -0.1) is 0 Å². The lowest BCUT2D eigenvalue weighted by Crippen LogP contribution is -2.12. The summed E-state index contributed by atoms with van der Waals surface area (Å²) in [7, 11) is 0. The van der Waals surface area contributed by atoms with Gasteiger partial charge in [0.1, 0.15) is 5.56 Å². The van der Waals surface area contributed by atoms with Crippen molar-refractivity contribution in [3.8, 4) is 11.3 Å². The number of aliphatic hydroxyl groups excluding tert-OH is 1. The fraction of sp³-hybridized carbons (Fsp3) is 0.364. The van der Waals surface area contributed by atoms with Crippen molar-refractivity contribution < 1.29 is 18.3 Å². The first-order chi connectivity index (χ1) is 9.27. The highest BCUT2D eigenvalue weighted by Crippen LogP contribution is 2.35. The Morgan fingerprint density at radius 2 is 2.10 bits per heavy atom. The Balaban J connectivity index is 2.46. The molecule has 0 saturated heterocycles. The van der Waals surface area contributed by atoms with Crippen LogP contribution in [0.3, 0.4) is 0 Å². The molecule has 0 saturated carbocycles. The van der Waals surface area contributed by atoms with Gasteiger partial charge >= 0.3 is 6.18 Å². The molecule has 2 rings (SSSR count). The molecule has 108 valence electrons. The summed E-state index contributed by atoms with van der Waals surface area (Å²) in [6, 6.07) is 0. The van der Waals surface area contributed by atoms with Gasteiger partial charge in [0.25, 0.3) is 0 Å². The number of nitrogens with zero attached hydrogens (tertiary/aromatic N) is 4. The lowest BCUT2D eigenvalue weighted by atomic mass is 10.1. The Hall–Kier alpha value is -1.67. The van der Waals surface area contributed by atoms with Gasteiger partial charge in [-0.3, -0.25) is 4.68 Å². The van der Waals surface area contributed by atoms with E-state index < -0.39 is 17.8 Å². The van der Waals surface area contributed by atoms with Crippen LogP contribution in [0, 0.1) is 0 Å². The highest BCUT2D eigenvalue weighted by molar-refractivity contribution is 6.28. The maximum Gasteiger partial charge on any atom is 0.419 e. The molecule has 5 nitrogen and oxygen atoms in total. The van der Waals surface area contributed by atoms with E-state index in [9.17, 15) is 18.3 Å². The molecule has 0 aliphatic rings. The van der Waals surface area contributed by atoms with Crippen molar-refractivity contribution in [1.29, 1.82) is 0 Å². The number of halogens is 4. The van der Waals surface area contributed by atoms with Crippen molar-refractivity contribution in [2.45, 2.75) is 25.7 Å². The minimum absolute atomic E-state index is 0.155. The normalized spacial score (nSPS) is 13.5. The highest BCUT2D eigenvalue weighted by Gasteiger charge is 2.35. The van der Waals surface area contributed by atoms with Gasteiger partial charge in [-0.05, 0) is 18.5 Å². The maximum absolute atomic E-state index is 12.9. The smallest absolute Gasteiger partial charge is 0.391 e. The van der Waals surface area contributed by atoms with E-state index >= 15 is 0 Å². The van der Waals surface area contributed by atoms with E-state index in [2.05, 4.69) is 15.1 Å². The molecular formula is C11H10ClF3N4O. The van der Waals surface area contributed by atoms with E-state index in [1.54, 1.807) is 6.92 Å². The van der Waals surface area contributed by atoms with E-state index in [4.69, 9.17) is 11.6 Å². The molecule has 9 heteroatoms. The second kappa shape index (κ2) is 5.37. The predicted octanol–water partition coefficient (Wildman–Crippen LogP) is 2.39. The van der Waals surface area contributed by atoms with Crippen LogP contribution in [0.2, 0.25) is 5.28 Å². The Labute approximate surface area is 117 Å². The summed E-state index contributed by atoms with van der Waals surface area (Å²) in [5.74, 6) is 0. The minimum atomic E-state index is -4.59. The minimum Gasteiger partial charge on any atom is -0.391 e. The largest absolute Gasteiger partial charge is 0.419 e. The summed E-state index contributed by atoms with van der Waals surface area (Å²) in [6.07, 6.45) is -2.03. The molecule has 0 radical (unpaired) electrons. The van der Waals surface area contributed by atoms with Gasteiger partial charge < -0.3 is 5.11 Å². The van der Waals surface area contributed by atoms with E-state index in [1.165, 1.54) is 17.1 Å². The molecule has 0 aliphatic heterocycles. The fourth-order valence-corrected chi connectivity index (χ4v) is 1.78. The van der Waals surface area contributed by atoms with Crippen LogP contribution in [0.4, 0.5) is 13.2 Å². The summed E-state index contributed by atoms with van der Waals surface area (Å²) in [6.45, 7) is 1.71. The van der Waals surface area contributed by atoms with Crippen molar-refractivity contribution in [2.24, 2.45) is 0 Å². The third-order valence-electron chi connectivity index (χ3n) is 2.42. The molecule has 0 unspecified atom stereocenters. The second-order valence-corrected chi connectivity index (χ2v) is 4.54. The zero-order valence-corrected chi connectivity index (χ0v) is 11.0. The molecule has 1 atom stereocenters. The molecule has 0 aromatic carbocycles. The first kappa shape index (κ1) is 14.7. The Morgan fingerprint density at radius 3 is 2.70 bits per heavy atom. The summed E-state index contributed by atoms with van der Waals surface area (Å²) < 4.78 is 40.0. The standard InChI is InChI=1S/C11H10ClF3N4O/c1-6(20)4-19-5-7(2-17-19)9-8(11(13,14)15)3-16-10(12)18-9/h2-3,5-6,20H,4H2,1H3/t6-/m0/s1. The SMILES string of the molecule is C[C@H](O)Cn1cc(-c2nc(Cl)ncc2C(F)(F)F)cn1. The van der Waals surface area contributed by atoms with Gasteiger partial charge in [-0.2, -0.15) is 18.3 Å². The molecule has 20 heavy (non-hydrogen) atoms. The molecule has 0 aliphatic carbocycles. The highest BCUT2D eigenvalue weighted by atomic mass is 35.5. The van der Waals surface area contributed by atoms with Gasteiger partial charge in [0.2, 0.25) is 5.28 Å². The van der Waals surface area contributed by atoms with Gasteiger partial charge in [0.15, 0.2) is 0 Å². The first-order valence-corrected chi connectivity index (χ1v) is 5.96. The number of alkyl halides is 3. The summed E-state index contributed by atoms with van der Waals surface area (Å²) >= 11 is 5.55. The van der Waals surface area contributed by atoms with Crippen LogP contribution in [0.15, 0.2) is 18.6 Å². The number of hydrogen-bond donors (Lipinski definition) is 1. The summed E-state index contributed by atoms with van der Waals surface area (Å²) in [4.78, 5) is 6.97. The fourth-order valence-electron chi connectivity index (χ4n) is 1.64. The van der Waals surface area contributed by atoms with Crippen molar-refractivity contribution in [2.75, 3.05) is 0 Å². The topological polar surface area (TPSA) is 63.8 Å². The van der Waals surface area contributed by atoms with E-state index in [1.807, 2.05) is 0 Å². The van der Waals surface area contributed by atoms with Crippen LogP contribution in [-0.2, 0) is 12.7 Å². The van der Waals surface area contributed by atoms with Crippen LogP contribution in [0.1, 0.15) is 12.5 Å². The van der Waals surface area contributed by atoms with Crippen LogP contribution < -0.4 is 0 Å². The Kier molecular flexibility index (Phi) is 3.96. The van der Waals surface area contributed by atoms with Crippen LogP contribution in [0.25, 0.3) is 11.3 Å². The lowest BCUT2D eigenvalue weighted by Gasteiger charge is -2.10. The molecule has 0 spiro atoms. The monoisotopic (exact) mass is 306 g/mol. The van der Waals surface area contributed by atoms with E-state index in [0.29, 0.717) is 6.20 Å². The van der Waals surface area contributed by atoms with Crippen LogP contribution in [0.5, 0.6) is 0 Å². The Bertz CT molecular complexity index is 612. The quantitative estimate of drug-likeness (QED) is 0.884. The van der Waals surface area contributed by atoms with Crippen molar-refractivity contribution in [1.82, 2.24) is 19.7 Å². The number of hydrogen-bond acceptors (Lipinski definition) is 4. The summed E-state index contributed by atoms with van der Waals surface area (Å²) in [5, 5.41) is 12.8. The molecular weight excluding hydrogens is 297 g/mol. The molecule has 2 aromatic rings. The molecule has 0 amide bonds. The zero-order chi connectivity index (χ0) is 14.9. The predicted molar refractivity (Wildman–Crippen MR) is 64.9 cm³/mol. The third kappa shape index (κ3) is 3.26. The van der Waals surface area contributed by atoms with Crippen molar-refractivity contribution in [3.05, 3.63) is 29.4 Å². The number of aliphatic hydroxyl groups is 1. The average molecular weight is 307 g/mol. The van der Waals surface area contributed by atoms with Crippen LogP contribution in [-0.4, -0.2) is 31.0 Å². The molecule has 0 bridgehead atoms. The van der Waals surface area contributed by atoms with Crippen LogP contribution >= 0.6 is 11.6 Å². The first-order valence-electron chi connectivity index (χ1n) is 5.58. The third-order valence-corrected chi connectivity index (χ3v) is 2.60. The molecule has 0 fully saturated rings. The van der Waals surface area contributed by atoms with Gasteiger partial charge in [0, 0.05) is 18.0 Å². The van der Waals surface area contributed by atoms with Crippen molar-refractivity contribution in [3.63, 3.8) is 0 Å². The lowest BCUT2D eigenvalue weighted by molar-refractivity contribution is -0.137. The average Bonchev–Trinajstić information content (AvgIpc) is 2.74. The van der Waals surface area contributed by atoms with E-state index in [0.717, 1.165) is 0 Å². The van der Waals surface area contributed by atoms with Gasteiger partial charge in [-0.25, -0.2) is 9.97 Å². The second-order valence-electron chi connectivity index (χ2n) is 4.20. The summed E-state index contributed by atoms with van der Waals surface area (Å²) in [5.41, 5.74) is -1.17. The van der Waals surface area contributed by atoms with Gasteiger partial charge in [-0.1, -0.05) is 0 Å². The molecule has 2 heterocycles. The molecule has 2 aromatic heterocycles.